The first kappa shape index (κ1) is 9.00. The molecule has 0 radical (unpaired) electrons. The Morgan fingerprint density at radius 3 is 3.00 bits per heavy atom. The zero-order chi connectivity index (χ0) is 7.94. The van der Waals surface area contributed by atoms with Gasteiger partial charge in [-0.2, -0.15) is 0 Å². The highest BCUT2D eigenvalue weighted by Gasteiger charge is 1.92. The Morgan fingerprint density at radius 2 is 2.36 bits per heavy atom. The molecule has 0 amide bonds. The lowest BCUT2D eigenvalue weighted by Gasteiger charge is -1.95. The number of rotatable bonds is 4. The predicted octanol–water partition coefficient (Wildman–Crippen LogP) is 2.35. The van der Waals surface area contributed by atoms with Gasteiger partial charge in [0.2, 0.25) is 0 Å². The summed E-state index contributed by atoms with van der Waals surface area (Å²) in [5, 5.41) is 2.06. The van der Waals surface area contributed by atoms with E-state index in [0.717, 1.165) is 16.1 Å². The minimum Gasteiger partial charge on any atom is -0.260 e. The van der Waals surface area contributed by atoms with E-state index >= 15 is 0 Å². The summed E-state index contributed by atoms with van der Waals surface area (Å²) in [6, 6.07) is 0. The van der Waals surface area contributed by atoms with Crippen LogP contribution in [0.1, 0.15) is 6.42 Å². The van der Waals surface area contributed by atoms with E-state index in [-0.39, 0.29) is 0 Å². The van der Waals surface area contributed by atoms with Crippen molar-refractivity contribution in [3.05, 3.63) is 18.6 Å². The number of thioether (sulfide) groups is 1. The molecule has 11 heavy (non-hydrogen) atoms. The smallest absolute Gasteiger partial charge is 0.114 e. The zero-order valence-corrected chi connectivity index (χ0v) is 8.44. The van der Waals surface area contributed by atoms with E-state index in [1.807, 2.05) is 0 Å². The van der Waals surface area contributed by atoms with E-state index in [4.69, 9.17) is 0 Å². The first-order chi connectivity index (χ1) is 5.43. The van der Waals surface area contributed by atoms with Crippen LogP contribution < -0.4 is 0 Å². The van der Waals surface area contributed by atoms with Crippen molar-refractivity contribution in [2.75, 3.05) is 11.1 Å². The number of aromatic nitrogens is 2. The van der Waals surface area contributed by atoms with Crippen LogP contribution in [0.3, 0.4) is 0 Å². The van der Waals surface area contributed by atoms with Crippen molar-refractivity contribution < 1.29 is 0 Å². The quantitative estimate of drug-likeness (QED) is 0.453. The van der Waals surface area contributed by atoms with Crippen LogP contribution in [0.15, 0.2) is 23.6 Å². The van der Waals surface area contributed by atoms with Crippen LogP contribution >= 0.6 is 27.7 Å². The molecule has 0 fully saturated rings. The highest BCUT2D eigenvalue weighted by atomic mass is 79.9. The average Bonchev–Trinajstić information content (AvgIpc) is 2.07. The maximum absolute atomic E-state index is 4.14. The van der Waals surface area contributed by atoms with Gasteiger partial charge >= 0.3 is 0 Å². The molecule has 0 N–H and O–H groups in total. The molecule has 0 spiro atoms. The lowest BCUT2D eigenvalue weighted by atomic mass is 10.6. The molecule has 0 aromatic carbocycles. The van der Waals surface area contributed by atoms with E-state index in [2.05, 4.69) is 25.9 Å². The Labute approximate surface area is 79.0 Å². The van der Waals surface area contributed by atoms with E-state index in [9.17, 15) is 0 Å². The minimum absolute atomic E-state index is 1.01. The summed E-state index contributed by atoms with van der Waals surface area (Å²) in [6.45, 7) is 0. The van der Waals surface area contributed by atoms with Crippen LogP contribution in [-0.4, -0.2) is 21.1 Å². The van der Waals surface area contributed by atoms with Crippen molar-refractivity contribution in [2.45, 2.75) is 11.4 Å². The maximum atomic E-state index is 4.14. The van der Waals surface area contributed by atoms with Crippen LogP contribution in [0.25, 0.3) is 0 Å². The lowest BCUT2D eigenvalue weighted by molar-refractivity contribution is 1.05. The van der Waals surface area contributed by atoms with Crippen LogP contribution in [0, 0.1) is 0 Å². The Balaban J connectivity index is 2.28. The molecule has 0 saturated heterocycles. The van der Waals surface area contributed by atoms with E-state index in [1.54, 1.807) is 30.4 Å². The third-order valence-corrected chi connectivity index (χ3v) is 2.63. The van der Waals surface area contributed by atoms with Crippen molar-refractivity contribution in [2.24, 2.45) is 0 Å². The molecule has 0 atom stereocenters. The van der Waals surface area contributed by atoms with E-state index < -0.39 is 0 Å². The largest absolute Gasteiger partial charge is 0.260 e. The fourth-order valence-corrected chi connectivity index (χ4v) is 2.01. The Morgan fingerprint density at radius 1 is 1.45 bits per heavy atom. The van der Waals surface area contributed by atoms with Gasteiger partial charge < -0.3 is 0 Å². The third kappa shape index (κ3) is 3.72. The van der Waals surface area contributed by atoms with Crippen molar-refractivity contribution in [3.63, 3.8) is 0 Å². The number of hydrogen-bond donors (Lipinski definition) is 0. The summed E-state index contributed by atoms with van der Waals surface area (Å²) in [6.07, 6.45) is 6.37. The van der Waals surface area contributed by atoms with Crippen LogP contribution in [0.5, 0.6) is 0 Å². The van der Waals surface area contributed by atoms with Gasteiger partial charge in [0.25, 0.3) is 0 Å². The Hall–Kier alpha value is -0.0900. The second-order valence-electron chi connectivity index (χ2n) is 1.93. The first-order valence-corrected chi connectivity index (χ1v) is 5.49. The maximum Gasteiger partial charge on any atom is 0.114 e. The number of nitrogens with zero attached hydrogens (tertiary/aromatic N) is 2. The molecule has 2 nitrogen and oxygen atoms in total. The summed E-state index contributed by atoms with van der Waals surface area (Å²) in [4.78, 5) is 8.10. The van der Waals surface area contributed by atoms with Crippen LogP contribution in [-0.2, 0) is 0 Å². The van der Waals surface area contributed by atoms with Gasteiger partial charge in [0, 0.05) is 23.5 Å². The Kier molecular flexibility index (Phi) is 4.54. The topological polar surface area (TPSA) is 25.8 Å². The number of hydrogen-bond acceptors (Lipinski definition) is 3. The normalized spacial score (nSPS) is 9.91. The molecule has 60 valence electrons. The van der Waals surface area contributed by atoms with E-state index in [1.165, 1.54) is 6.42 Å². The van der Waals surface area contributed by atoms with Crippen LogP contribution in [0.4, 0.5) is 0 Å². The molecule has 1 heterocycles. The van der Waals surface area contributed by atoms with Gasteiger partial charge in [-0.3, -0.25) is 4.98 Å². The molecule has 0 aliphatic carbocycles. The molecule has 4 heteroatoms. The second kappa shape index (κ2) is 5.55. The van der Waals surface area contributed by atoms with Gasteiger partial charge in [-0.05, 0) is 6.42 Å². The molecular weight excluding hydrogens is 224 g/mol. The molecular formula is C7H9BrN2S. The van der Waals surface area contributed by atoms with Crippen molar-refractivity contribution >= 4 is 27.7 Å². The third-order valence-electron chi connectivity index (χ3n) is 1.07. The summed E-state index contributed by atoms with van der Waals surface area (Å²) < 4.78 is 0. The minimum atomic E-state index is 1.01. The van der Waals surface area contributed by atoms with Crippen molar-refractivity contribution in [1.29, 1.82) is 0 Å². The van der Waals surface area contributed by atoms with Crippen LogP contribution in [0.2, 0.25) is 0 Å². The molecule has 0 unspecified atom stereocenters. The summed E-state index contributed by atoms with van der Waals surface area (Å²) >= 11 is 5.11. The highest BCUT2D eigenvalue weighted by molar-refractivity contribution is 9.09. The van der Waals surface area contributed by atoms with Gasteiger partial charge in [-0.15, -0.1) is 11.8 Å². The molecule has 0 bridgehead atoms. The molecule has 1 aromatic heterocycles. The fraction of sp³-hybridized carbons (Fsp3) is 0.429. The fourth-order valence-electron chi connectivity index (χ4n) is 0.591. The SMILES string of the molecule is BrCCCSc1cnccn1. The summed E-state index contributed by atoms with van der Waals surface area (Å²) in [7, 11) is 0. The molecule has 0 saturated carbocycles. The van der Waals surface area contributed by atoms with Gasteiger partial charge in [0.05, 0.1) is 6.20 Å². The van der Waals surface area contributed by atoms with E-state index in [0.29, 0.717) is 0 Å². The highest BCUT2D eigenvalue weighted by Crippen LogP contribution is 2.13. The number of halogens is 1. The summed E-state index contributed by atoms with van der Waals surface area (Å²) in [5.74, 6) is 1.10. The van der Waals surface area contributed by atoms with Gasteiger partial charge in [-0.1, -0.05) is 15.9 Å². The van der Waals surface area contributed by atoms with Crippen molar-refractivity contribution in [1.82, 2.24) is 9.97 Å². The van der Waals surface area contributed by atoms with Gasteiger partial charge in [0.1, 0.15) is 5.03 Å². The van der Waals surface area contributed by atoms with Gasteiger partial charge in [0.15, 0.2) is 0 Å². The zero-order valence-electron chi connectivity index (χ0n) is 6.03. The predicted molar refractivity (Wildman–Crippen MR) is 51.2 cm³/mol. The molecule has 0 aliphatic heterocycles. The number of alkyl halides is 1. The van der Waals surface area contributed by atoms with Crippen molar-refractivity contribution in [3.8, 4) is 0 Å². The second-order valence-corrected chi connectivity index (χ2v) is 3.84. The standard InChI is InChI=1S/C7H9BrN2S/c8-2-1-5-11-7-6-9-3-4-10-7/h3-4,6H,1-2,5H2. The molecule has 0 aliphatic rings. The summed E-state index contributed by atoms with van der Waals surface area (Å²) in [5.41, 5.74) is 0. The lowest BCUT2D eigenvalue weighted by Crippen LogP contribution is -1.84. The monoisotopic (exact) mass is 232 g/mol. The Bertz CT molecular complexity index is 193. The average molecular weight is 233 g/mol. The molecule has 1 aromatic rings. The van der Waals surface area contributed by atoms with Gasteiger partial charge in [-0.25, -0.2) is 4.98 Å². The first-order valence-electron chi connectivity index (χ1n) is 3.38. The molecule has 1 rings (SSSR count).